The third kappa shape index (κ3) is 5.82. The van der Waals surface area contributed by atoms with Crippen molar-refractivity contribution in [1.29, 1.82) is 0 Å². The molecule has 1 fully saturated rings. The number of benzene rings is 1. The number of carbonyl (C=O) groups is 1. The van der Waals surface area contributed by atoms with Crippen LogP contribution >= 0.6 is 0 Å². The number of carbonyl (C=O) groups excluding carboxylic acids is 2. The Morgan fingerprint density at radius 1 is 1.09 bits per heavy atom. The third-order valence-corrected chi connectivity index (χ3v) is 5.08. The van der Waals surface area contributed by atoms with Crippen LogP contribution in [0.25, 0.3) is 10.9 Å². The van der Waals surface area contributed by atoms with E-state index in [2.05, 4.69) is 15.3 Å². The van der Waals surface area contributed by atoms with Crippen molar-refractivity contribution < 1.29 is 23.9 Å². The Hall–Kier alpha value is -3.40. The topological polar surface area (TPSA) is 132 Å². The van der Waals surface area contributed by atoms with Gasteiger partial charge < -0.3 is 25.4 Å². The minimum atomic E-state index is -1.06. The molecule has 11 nitrogen and oxygen atoms in total. The Balaban J connectivity index is 2.09. The van der Waals surface area contributed by atoms with Crippen LogP contribution in [0.15, 0.2) is 17.8 Å². The smallest absolute Gasteiger partial charge is 0.247 e. The van der Waals surface area contributed by atoms with Crippen LogP contribution in [-0.2, 0) is 14.4 Å². The molecule has 190 valence electrons. The van der Waals surface area contributed by atoms with E-state index in [9.17, 15) is 9.59 Å². The van der Waals surface area contributed by atoms with Crippen molar-refractivity contribution in [2.75, 3.05) is 37.9 Å². The lowest BCUT2D eigenvalue weighted by atomic mass is 10.1. The number of hydrogen-bond donors (Lipinski definition) is 2. The van der Waals surface area contributed by atoms with Gasteiger partial charge in [0.15, 0.2) is 17.5 Å². The van der Waals surface area contributed by atoms with Gasteiger partial charge in [-0.2, -0.15) is 10.0 Å². The quantitative estimate of drug-likeness (QED) is 0.605. The number of anilines is 2. The molecule has 11 heteroatoms. The number of nitrogens with zero attached hydrogens (tertiary/aromatic N) is 4. The van der Waals surface area contributed by atoms with E-state index < -0.39 is 23.1 Å². The summed E-state index contributed by atoms with van der Waals surface area (Å²) in [6, 6.07) is 2.31. The van der Waals surface area contributed by atoms with Crippen molar-refractivity contribution in [2.45, 2.75) is 58.7 Å². The van der Waals surface area contributed by atoms with Gasteiger partial charge in [-0.3, -0.25) is 9.63 Å². The average molecular weight is 487 g/mol. The molecule has 1 saturated heterocycles. The highest BCUT2D eigenvalue weighted by Crippen LogP contribution is 2.35. The molecule has 0 radical (unpaired) electrons. The van der Waals surface area contributed by atoms with Gasteiger partial charge in [0.25, 0.3) is 0 Å². The number of nitrogens with one attached hydrogen (secondary N) is 1. The maximum atomic E-state index is 13.3. The summed E-state index contributed by atoms with van der Waals surface area (Å²) in [4.78, 5) is 42.3. The van der Waals surface area contributed by atoms with E-state index in [1.54, 1.807) is 17.0 Å². The molecule has 1 aliphatic rings. The Morgan fingerprint density at radius 2 is 1.71 bits per heavy atom. The van der Waals surface area contributed by atoms with Gasteiger partial charge in [0, 0.05) is 30.1 Å². The summed E-state index contributed by atoms with van der Waals surface area (Å²) >= 11 is 0. The normalized spacial score (nSPS) is 17.3. The van der Waals surface area contributed by atoms with Gasteiger partial charge in [0.1, 0.15) is 17.5 Å². The van der Waals surface area contributed by atoms with Gasteiger partial charge in [-0.25, -0.2) is 9.78 Å². The van der Waals surface area contributed by atoms with Gasteiger partial charge in [-0.1, -0.05) is 0 Å². The third-order valence-electron chi connectivity index (χ3n) is 5.08. The van der Waals surface area contributed by atoms with Crippen LogP contribution in [-0.4, -0.2) is 71.4 Å². The fourth-order valence-electron chi connectivity index (χ4n) is 3.78. The number of hydroxylamine groups is 2. The van der Waals surface area contributed by atoms with Gasteiger partial charge in [-0.15, -0.1) is 0 Å². The van der Waals surface area contributed by atoms with E-state index in [0.29, 0.717) is 28.9 Å². The van der Waals surface area contributed by atoms with Gasteiger partial charge in [0.05, 0.1) is 25.3 Å². The number of ether oxygens (including phenoxy) is 2. The van der Waals surface area contributed by atoms with Crippen LogP contribution in [0.3, 0.4) is 0 Å². The highest BCUT2D eigenvalue weighted by Gasteiger charge is 2.42. The standard InChI is InChI=1S/C24H34N6O5/c1-23(2,3)28-21(32)19-16(13-31)29(9-10-30(19)35-24(4,5)6)22-26-15-12-18(34-8)17(33-7)11-14(15)20(25)27-22/h11-12,19H,9-10H2,1-8H3,(H,28,32)(H2,25,26,27)/t19-/m1/s1. The maximum absolute atomic E-state index is 13.3. The number of piperazine rings is 1. The lowest BCUT2D eigenvalue weighted by molar-refractivity contribution is -0.244. The fourth-order valence-corrected chi connectivity index (χ4v) is 3.78. The molecule has 1 aromatic heterocycles. The van der Waals surface area contributed by atoms with Crippen LogP contribution in [0, 0.1) is 0 Å². The zero-order valence-electron chi connectivity index (χ0n) is 21.6. The zero-order valence-corrected chi connectivity index (χ0v) is 21.6. The minimum Gasteiger partial charge on any atom is -0.493 e. The second kappa shape index (κ2) is 9.69. The Morgan fingerprint density at radius 3 is 2.26 bits per heavy atom. The van der Waals surface area contributed by atoms with Crippen LogP contribution < -0.4 is 25.4 Å². The van der Waals surface area contributed by atoms with Crippen molar-refractivity contribution in [3.8, 4) is 11.5 Å². The molecule has 3 rings (SSSR count). The molecule has 1 aliphatic heterocycles. The number of amides is 1. The van der Waals surface area contributed by atoms with Crippen LogP contribution in [0.1, 0.15) is 41.5 Å². The molecule has 0 spiro atoms. The number of nitrogen functional groups attached to an aromatic ring is 1. The van der Waals surface area contributed by atoms with Gasteiger partial charge in [-0.05, 0) is 47.6 Å². The predicted octanol–water partition coefficient (Wildman–Crippen LogP) is 2.08. The molecule has 3 N–H and O–H groups in total. The second-order valence-electron chi connectivity index (χ2n) is 10.3. The van der Waals surface area contributed by atoms with Crippen LogP contribution in [0.4, 0.5) is 11.8 Å². The van der Waals surface area contributed by atoms with Crippen molar-refractivity contribution >= 4 is 34.5 Å². The second-order valence-corrected chi connectivity index (χ2v) is 10.3. The summed E-state index contributed by atoms with van der Waals surface area (Å²) in [7, 11) is 3.05. The molecular weight excluding hydrogens is 452 g/mol. The molecule has 1 amide bonds. The van der Waals surface area contributed by atoms with E-state index in [1.165, 1.54) is 19.3 Å². The van der Waals surface area contributed by atoms with Crippen LogP contribution in [0.2, 0.25) is 0 Å². The maximum Gasteiger partial charge on any atom is 0.247 e. The number of aromatic nitrogens is 2. The number of methoxy groups -OCH3 is 2. The summed E-state index contributed by atoms with van der Waals surface area (Å²) in [6.45, 7) is 11.8. The summed E-state index contributed by atoms with van der Waals surface area (Å²) in [5, 5.41) is 5.01. The van der Waals surface area contributed by atoms with Crippen LogP contribution in [0.5, 0.6) is 11.5 Å². The first-order chi connectivity index (χ1) is 16.3. The Bertz CT molecular complexity index is 1160. The summed E-state index contributed by atoms with van der Waals surface area (Å²) in [6.07, 6.45) is 0. The summed E-state index contributed by atoms with van der Waals surface area (Å²) in [5.74, 6) is 2.87. The molecule has 2 heterocycles. The highest BCUT2D eigenvalue weighted by molar-refractivity contribution is 5.93. The molecule has 0 aliphatic carbocycles. The molecule has 2 aromatic rings. The number of hydrogen-bond acceptors (Lipinski definition) is 10. The highest BCUT2D eigenvalue weighted by atomic mass is 16.7. The molecule has 1 aromatic carbocycles. The van der Waals surface area contributed by atoms with Crippen molar-refractivity contribution in [3.63, 3.8) is 0 Å². The number of rotatable bonds is 5. The first kappa shape index (κ1) is 26.2. The fraction of sp³-hybridized carbons (Fsp3) is 0.542. The minimum absolute atomic E-state index is 0.0291. The molecular formula is C24H34N6O5. The number of fused-ring (bicyclic) bond motifs is 1. The van der Waals surface area contributed by atoms with E-state index in [4.69, 9.17) is 20.0 Å². The monoisotopic (exact) mass is 486 g/mol. The van der Waals surface area contributed by atoms with E-state index >= 15 is 0 Å². The van der Waals surface area contributed by atoms with E-state index in [1.807, 2.05) is 47.5 Å². The molecule has 0 bridgehead atoms. The van der Waals surface area contributed by atoms with Crippen molar-refractivity contribution in [2.24, 2.45) is 0 Å². The zero-order chi connectivity index (χ0) is 26.1. The molecule has 35 heavy (non-hydrogen) atoms. The summed E-state index contributed by atoms with van der Waals surface area (Å²) < 4.78 is 10.7. The van der Waals surface area contributed by atoms with E-state index in [0.717, 1.165) is 0 Å². The lowest BCUT2D eigenvalue weighted by Gasteiger charge is -2.43. The van der Waals surface area contributed by atoms with Crippen molar-refractivity contribution in [1.82, 2.24) is 20.3 Å². The largest absolute Gasteiger partial charge is 0.493 e. The Kier molecular flexibility index (Phi) is 7.26. The first-order valence-electron chi connectivity index (χ1n) is 11.3. The molecule has 0 unspecified atom stereocenters. The Labute approximate surface area is 205 Å². The molecule has 1 atom stereocenters. The van der Waals surface area contributed by atoms with Crippen molar-refractivity contribution in [3.05, 3.63) is 17.8 Å². The lowest BCUT2D eigenvalue weighted by Crippen LogP contribution is -2.61. The average Bonchev–Trinajstić information content (AvgIpc) is 2.75. The van der Waals surface area contributed by atoms with Gasteiger partial charge >= 0.3 is 0 Å². The summed E-state index contributed by atoms with van der Waals surface area (Å²) in [5.41, 5.74) is 5.67. The SMILES string of the molecule is COc1cc2nc(N3CCN(OC(C)(C)C)[C@@H](C(=O)NC(C)(C)C)C3=C=O)nc(N)c2cc1OC. The predicted molar refractivity (Wildman–Crippen MR) is 133 cm³/mol. The molecule has 0 saturated carbocycles. The van der Waals surface area contributed by atoms with Gasteiger partial charge in [0.2, 0.25) is 11.9 Å². The first-order valence-corrected chi connectivity index (χ1v) is 11.3. The number of nitrogens with two attached hydrogens (primary N) is 1. The van der Waals surface area contributed by atoms with E-state index in [-0.39, 0.29) is 24.0 Å².